The quantitative estimate of drug-likeness (QED) is 0.270. The molecule has 1 aliphatic heterocycles. The van der Waals surface area contributed by atoms with Crippen molar-refractivity contribution in [3.8, 4) is 0 Å². The fourth-order valence-corrected chi connectivity index (χ4v) is 3.45. The molecule has 10 heteroatoms. The zero-order chi connectivity index (χ0) is 18.9. The third kappa shape index (κ3) is 6.89. The van der Waals surface area contributed by atoms with Gasteiger partial charge in [0.15, 0.2) is 0 Å². The molecule has 0 unspecified atom stereocenters. The minimum absolute atomic E-state index is 0.188. The Morgan fingerprint density at radius 3 is 2.92 bits per heavy atom. The molecule has 2 heterocycles. The fourth-order valence-electron chi connectivity index (χ4n) is 2.50. The number of hydrogen-bond donors (Lipinski definition) is 4. The summed E-state index contributed by atoms with van der Waals surface area (Å²) in [6.45, 7) is 1.42. The summed E-state index contributed by atoms with van der Waals surface area (Å²) in [5, 5.41) is 21.6. The van der Waals surface area contributed by atoms with Crippen LogP contribution < -0.4 is 11.1 Å². The van der Waals surface area contributed by atoms with Crippen molar-refractivity contribution in [3.63, 3.8) is 0 Å². The molecule has 0 aliphatic carbocycles. The number of carboxylic acids is 1. The highest BCUT2D eigenvalue weighted by Crippen LogP contribution is 2.18. The summed E-state index contributed by atoms with van der Waals surface area (Å²) in [4.78, 5) is 24.9. The monoisotopic (exact) mass is 382 g/mol. The molecule has 0 spiro atoms. The SMILES string of the molecule is NCCOCc1ccc(CC(=O)N[C@H]2CC=C[C@H](CC(=O)O)OB2O)s1. The highest BCUT2D eigenvalue weighted by atomic mass is 32.1. The summed E-state index contributed by atoms with van der Waals surface area (Å²) in [6.07, 6.45) is 2.91. The molecule has 0 bridgehead atoms. The number of carbonyl (C=O) groups excluding carboxylic acids is 1. The van der Waals surface area contributed by atoms with Crippen molar-refractivity contribution in [2.45, 2.75) is 37.9 Å². The Labute approximate surface area is 156 Å². The second-order valence-corrected chi connectivity index (χ2v) is 7.14. The molecule has 142 valence electrons. The van der Waals surface area contributed by atoms with E-state index in [1.54, 1.807) is 12.2 Å². The second-order valence-electron chi connectivity index (χ2n) is 5.89. The number of thiophene rings is 1. The maximum atomic E-state index is 12.2. The van der Waals surface area contributed by atoms with E-state index in [4.69, 9.17) is 20.2 Å². The number of nitrogens with two attached hydrogens (primary N) is 1. The summed E-state index contributed by atoms with van der Waals surface area (Å²) in [5.41, 5.74) is 5.37. The Bertz CT molecular complexity index is 638. The van der Waals surface area contributed by atoms with Crippen LogP contribution in [-0.2, 0) is 32.0 Å². The van der Waals surface area contributed by atoms with Crippen LogP contribution in [0.5, 0.6) is 0 Å². The van der Waals surface area contributed by atoms with Gasteiger partial charge in [-0.3, -0.25) is 9.59 Å². The van der Waals surface area contributed by atoms with Crippen molar-refractivity contribution in [3.05, 3.63) is 34.0 Å². The van der Waals surface area contributed by atoms with Crippen LogP contribution in [0.1, 0.15) is 22.6 Å². The Kier molecular flexibility index (Phi) is 8.27. The van der Waals surface area contributed by atoms with Gasteiger partial charge < -0.3 is 30.6 Å². The van der Waals surface area contributed by atoms with E-state index in [9.17, 15) is 14.6 Å². The van der Waals surface area contributed by atoms with E-state index in [0.717, 1.165) is 9.75 Å². The van der Waals surface area contributed by atoms with Crippen LogP contribution in [-0.4, -0.2) is 54.3 Å². The van der Waals surface area contributed by atoms with E-state index in [0.29, 0.717) is 26.2 Å². The van der Waals surface area contributed by atoms with Gasteiger partial charge in [-0.25, -0.2) is 0 Å². The lowest BCUT2D eigenvalue weighted by Crippen LogP contribution is -2.48. The summed E-state index contributed by atoms with van der Waals surface area (Å²) in [5.74, 6) is -1.87. The fraction of sp³-hybridized carbons (Fsp3) is 0.500. The first-order valence-electron chi connectivity index (χ1n) is 8.34. The summed E-state index contributed by atoms with van der Waals surface area (Å²) >= 11 is 1.49. The van der Waals surface area contributed by atoms with E-state index >= 15 is 0 Å². The molecule has 0 fully saturated rings. The van der Waals surface area contributed by atoms with Crippen LogP contribution >= 0.6 is 11.3 Å². The molecular weight excluding hydrogens is 359 g/mol. The van der Waals surface area contributed by atoms with Crippen LogP contribution in [0.25, 0.3) is 0 Å². The number of ether oxygens (including phenoxy) is 1. The predicted octanol–water partition coefficient (Wildman–Crippen LogP) is 0.0902. The first-order valence-corrected chi connectivity index (χ1v) is 9.16. The van der Waals surface area contributed by atoms with Crippen LogP contribution in [0.2, 0.25) is 0 Å². The molecule has 0 saturated carbocycles. The average Bonchev–Trinajstić information content (AvgIpc) is 2.93. The predicted molar refractivity (Wildman–Crippen MR) is 97.5 cm³/mol. The zero-order valence-electron chi connectivity index (χ0n) is 14.3. The summed E-state index contributed by atoms with van der Waals surface area (Å²) in [7, 11) is -1.26. The van der Waals surface area contributed by atoms with E-state index in [-0.39, 0.29) is 18.7 Å². The van der Waals surface area contributed by atoms with Gasteiger partial charge in [-0.1, -0.05) is 12.2 Å². The molecule has 1 amide bonds. The molecule has 26 heavy (non-hydrogen) atoms. The first-order chi connectivity index (χ1) is 12.5. The smallest absolute Gasteiger partial charge is 0.478 e. The normalized spacial score (nSPS) is 20.0. The zero-order valence-corrected chi connectivity index (χ0v) is 15.1. The molecule has 0 radical (unpaired) electrons. The van der Waals surface area contributed by atoms with Gasteiger partial charge in [-0.05, 0) is 18.6 Å². The number of hydrogen-bond acceptors (Lipinski definition) is 7. The first kappa shape index (κ1) is 20.6. The van der Waals surface area contributed by atoms with Crippen LogP contribution in [0, 0.1) is 0 Å². The third-order valence-corrected chi connectivity index (χ3v) is 4.74. The molecule has 8 nitrogen and oxygen atoms in total. The number of nitrogens with one attached hydrogen (secondary N) is 1. The van der Waals surface area contributed by atoms with Gasteiger partial charge in [0.05, 0.1) is 38.1 Å². The van der Waals surface area contributed by atoms with E-state index in [1.165, 1.54) is 11.3 Å². The van der Waals surface area contributed by atoms with Crippen LogP contribution in [0.4, 0.5) is 0 Å². The standard InChI is InChI=1S/C16H23BN2O6S/c18-6-7-24-10-13-5-4-12(26-13)9-15(20)19-14-3-1-2-11(8-16(21)22)25-17(14)23/h1-2,4-5,11,14,23H,3,6-10,18H2,(H,19,20)(H,21,22)/t11-,14+/m1/s1. The van der Waals surface area contributed by atoms with E-state index in [2.05, 4.69) is 5.32 Å². The molecule has 5 N–H and O–H groups in total. The van der Waals surface area contributed by atoms with Crippen molar-refractivity contribution in [1.82, 2.24) is 5.32 Å². The average molecular weight is 382 g/mol. The lowest BCUT2D eigenvalue weighted by Gasteiger charge is -2.20. The van der Waals surface area contributed by atoms with Gasteiger partial charge >= 0.3 is 13.1 Å². The number of aliphatic carboxylic acids is 1. The van der Waals surface area contributed by atoms with Gasteiger partial charge in [0.2, 0.25) is 5.91 Å². The van der Waals surface area contributed by atoms with Crippen LogP contribution in [0.15, 0.2) is 24.3 Å². The Morgan fingerprint density at radius 1 is 1.42 bits per heavy atom. The number of carbonyl (C=O) groups is 2. The van der Waals surface area contributed by atoms with Gasteiger partial charge in [0.25, 0.3) is 0 Å². The minimum atomic E-state index is -1.26. The number of rotatable bonds is 9. The maximum Gasteiger partial charge on any atom is 0.478 e. The molecule has 0 saturated heterocycles. The number of carboxylic acid groups (broad SMARTS) is 1. The van der Waals surface area contributed by atoms with Crippen LogP contribution in [0.3, 0.4) is 0 Å². The van der Waals surface area contributed by atoms with Crippen molar-refractivity contribution in [2.75, 3.05) is 13.2 Å². The van der Waals surface area contributed by atoms with Gasteiger partial charge in [0, 0.05) is 16.3 Å². The molecule has 2 atom stereocenters. The highest BCUT2D eigenvalue weighted by molar-refractivity contribution is 7.12. The summed E-state index contributed by atoms with van der Waals surface area (Å²) < 4.78 is 10.7. The molecule has 0 aromatic carbocycles. The Morgan fingerprint density at radius 2 is 2.19 bits per heavy atom. The van der Waals surface area contributed by atoms with Crippen molar-refractivity contribution in [2.24, 2.45) is 5.73 Å². The lowest BCUT2D eigenvalue weighted by atomic mass is 9.77. The summed E-state index contributed by atoms with van der Waals surface area (Å²) in [6, 6.07) is 3.78. The highest BCUT2D eigenvalue weighted by Gasteiger charge is 2.32. The Balaban J connectivity index is 1.82. The molecule has 1 aromatic heterocycles. The molecular formula is C16H23BN2O6S. The molecule has 2 rings (SSSR count). The van der Waals surface area contributed by atoms with Crippen molar-refractivity contribution < 1.29 is 29.1 Å². The van der Waals surface area contributed by atoms with E-state index < -0.39 is 25.1 Å². The van der Waals surface area contributed by atoms with E-state index in [1.807, 2.05) is 12.1 Å². The molecule has 1 aliphatic rings. The Hall–Kier alpha value is -1.72. The minimum Gasteiger partial charge on any atom is -0.481 e. The third-order valence-electron chi connectivity index (χ3n) is 3.68. The molecule has 1 aromatic rings. The second kappa shape index (κ2) is 10.4. The van der Waals surface area contributed by atoms with Crippen molar-refractivity contribution in [1.29, 1.82) is 0 Å². The van der Waals surface area contributed by atoms with Crippen molar-refractivity contribution >= 4 is 30.3 Å². The van der Waals surface area contributed by atoms with Gasteiger partial charge in [0.1, 0.15) is 0 Å². The van der Waals surface area contributed by atoms with Gasteiger partial charge in [-0.15, -0.1) is 11.3 Å². The number of amides is 1. The topological polar surface area (TPSA) is 131 Å². The largest absolute Gasteiger partial charge is 0.481 e. The van der Waals surface area contributed by atoms with Gasteiger partial charge in [-0.2, -0.15) is 0 Å². The maximum absolute atomic E-state index is 12.2. The lowest BCUT2D eigenvalue weighted by molar-refractivity contribution is -0.138.